The molecule has 3 aromatic rings. The number of thioether (sulfide) groups is 1. The Morgan fingerprint density at radius 3 is 2.47 bits per heavy atom. The summed E-state index contributed by atoms with van der Waals surface area (Å²) in [6, 6.07) is 23.5. The number of unbranched alkanes of at least 4 members (excludes halogenated alkanes) is 1. The van der Waals surface area contributed by atoms with Gasteiger partial charge in [0.25, 0.3) is 0 Å². The number of esters is 1. The first kappa shape index (κ1) is 29.3. The van der Waals surface area contributed by atoms with Crippen LogP contribution in [-0.4, -0.2) is 51.7 Å². The van der Waals surface area contributed by atoms with Gasteiger partial charge in [-0.1, -0.05) is 91.8 Å². The zero-order valence-corrected chi connectivity index (χ0v) is 23.1. The number of hydrogen-bond donors (Lipinski definition) is 0. The molecule has 1 heterocycles. The standard InChI is InChI=1S/C30H32N2O4S2/c1-3-5-17-38(34)22-25(20-35-16-4-2)36-29(33)21-37-30-27(19-31)26(23-12-8-6-9-13-23)18-28(32-30)24-14-10-7-11-15-24/h4,6-15,18,25H,2-3,5,16-17,20-22H2,1H3. The van der Waals surface area contributed by atoms with Crippen LogP contribution in [0.15, 0.2) is 84.4 Å². The van der Waals surface area contributed by atoms with Crippen molar-refractivity contribution < 1.29 is 18.5 Å². The summed E-state index contributed by atoms with van der Waals surface area (Å²) in [4.78, 5) is 17.6. The Labute approximate surface area is 231 Å². The zero-order valence-electron chi connectivity index (χ0n) is 21.5. The Kier molecular flexibility index (Phi) is 12.2. The van der Waals surface area contributed by atoms with Crippen molar-refractivity contribution >= 4 is 28.5 Å². The molecule has 0 aliphatic heterocycles. The number of nitrogens with zero attached hydrogens (tertiary/aromatic N) is 2. The average Bonchev–Trinajstić information content (AvgIpc) is 2.95. The first-order valence-electron chi connectivity index (χ1n) is 12.5. The maximum absolute atomic E-state index is 12.8. The van der Waals surface area contributed by atoms with Gasteiger partial charge in [0.15, 0.2) is 0 Å². The second kappa shape index (κ2) is 15.9. The van der Waals surface area contributed by atoms with E-state index in [1.807, 2.05) is 73.7 Å². The third-order valence-corrected chi connectivity index (χ3v) is 7.95. The molecule has 8 heteroatoms. The molecule has 38 heavy (non-hydrogen) atoms. The zero-order chi connectivity index (χ0) is 27.2. The molecule has 2 unspecified atom stereocenters. The average molecular weight is 549 g/mol. The molecule has 3 rings (SSSR count). The van der Waals surface area contributed by atoms with E-state index in [1.165, 1.54) is 0 Å². The number of hydrogen-bond acceptors (Lipinski definition) is 7. The minimum absolute atomic E-state index is 0.0479. The molecule has 0 bridgehead atoms. The molecule has 0 saturated heterocycles. The van der Waals surface area contributed by atoms with Gasteiger partial charge in [0, 0.05) is 27.7 Å². The number of ether oxygens (including phenoxy) is 2. The molecule has 0 N–H and O–H groups in total. The van der Waals surface area contributed by atoms with Crippen molar-refractivity contribution in [2.45, 2.75) is 30.9 Å². The van der Waals surface area contributed by atoms with Gasteiger partial charge in [-0.3, -0.25) is 9.00 Å². The summed E-state index contributed by atoms with van der Waals surface area (Å²) in [5.74, 6) is 0.252. The molecule has 2 atom stereocenters. The van der Waals surface area contributed by atoms with E-state index in [1.54, 1.807) is 6.08 Å². The lowest BCUT2D eigenvalue weighted by molar-refractivity contribution is -0.147. The molecule has 1 aromatic heterocycles. The van der Waals surface area contributed by atoms with Gasteiger partial charge in [-0.25, -0.2) is 4.98 Å². The fourth-order valence-electron chi connectivity index (χ4n) is 3.68. The van der Waals surface area contributed by atoms with Crippen molar-refractivity contribution in [1.29, 1.82) is 5.26 Å². The monoisotopic (exact) mass is 548 g/mol. The van der Waals surface area contributed by atoms with Crippen LogP contribution in [0.25, 0.3) is 22.4 Å². The fourth-order valence-corrected chi connectivity index (χ4v) is 5.82. The van der Waals surface area contributed by atoms with E-state index in [-0.39, 0.29) is 18.1 Å². The Morgan fingerprint density at radius 2 is 1.84 bits per heavy atom. The maximum atomic E-state index is 12.8. The number of carbonyl (C=O) groups is 1. The molecule has 0 amide bonds. The predicted octanol–water partition coefficient (Wildman–Crippen LogP) is 6.04. The quantitative estimate of drug-likeness (QED) is 0.0989. The molecular weight excluding hydrogens is 516 g/mol. The first-order chi connectivity index (χ1) is 18.5. The number of aromatic nitrogens is 1. The van der Waals surface area contributed by atoms with Gasteiger partial charge in [-0.15, -0.1) is 6.58 Å². The van der Waals surface area contributed by atoms with Crippen LogP contribution >= 0.6 is 11.8 Å². The fraction of sp³-hybridized carbons (Fsp3) is 0.300. The SMILES string of the molecule is C=CCOCC(CS(=O)CCCC)OC(=O)CSc1nc(-c2ccccc2)cc(-c2ccccc2)c1C#N. The predicted molar refractivity (Wildman–Crippen MR) is 154 cm³/mol. The van der Waals surface area contributed by atoms with Crippen LogP contribution in [0.2, 0.25) is 0 Å². The van der Waals surface area contributed by atoms with Crippen molar-refractivity contribution in [3.63, 3.8) is 0 Å². The maximum Gasteiger partial charge on any atom is 0.316 e. The van der Waals surface area contributed by atoms with Gasteiger partial charge in [0.2, 0.25) is 0 Å². The molecule has 0 fully saturated rings. The number of benzene rings is 2. The van der Waals surface area contributed by atoms with Crippen molar-refractivity contribution in [2.24, 2.45) is 0 Å². The highest BCUT2D eigenvalue weighted by atomic mass is 32.2. The van der Waals surface area contributed by atoms with Gasteiger partial charge in [0.1, 0.15) is 17.2 Å². The van der Waals surface area contributed by atoms with Gasteiger partial charge >= 0.3 is 5.97 Å². The highest BCUT2D eigenvalue weighted by Gasteiger charge is 2.21. The summed E-state index contributed by atoms with van der Waals surface area (Å²) in [5, 5.41) is 10.5. The van der Waals surface area contributed by atoms with Crippen LogP contribution < -0.4 is 0 Å². The summed E-state index contributed by atoms with van der Waals surface area (Å²) < 4.78 is 23.6. The number of rotatable bonds is 15. The van der Waals surface area contributed by atoms with Crippen LogP contribution in [-0.2, 0) is 25.1 Å². The van der Waals surface area contributed by atoms with Gasteiger partial charge in [0.05, 0.1) is 36.0 Å². The van der Waals surface area contributed by atoms with Crippen molar-refractivity contribution in [3.8, 4) is 28.5 Å². The second-order valence-corrected chi connectivity index (χ2v) is 11.1. The number of carbonyl (C=O) groups excluding carboxylic acids is 1. The third-order valence-electron chi connectivity index (χ3n) is 5.51. The summed E-state index contributed by atoms with van der Waals surface area (Å²) >= 11 is 1.16. The summed E-state index contributed by atoms with van der Waals surface area (Å²) in [6.45, 7) is 6.12. The molecule has 0 radical (unpaired) electrons. The van der Waals surface area contributed by atoms with Crippen molar-refractivity contribution in [1.82, 2.24) is 4.98 Å². The Hall–Kier alpha value is -3.25. The van der Waals surface area contributed by atoms with Crippen LogP contribution in [0, 0.1) is 11.3 Å². The molecule has 0 aliphatic rings. The molecule has 0 aliphatic carbocycles. The van der Waals surface area contributed by atoms with Crippen LogP contribution in [0.3, 0.4) is 0 Å². The van der Waals surface area contributed by atoms with Crippen molar-refractivity contribution in [3.05, 3.63) is 84.9 Å². The van der Waals surface area contributed by atoms with Crippen LogP contribution in [0.4, 0.5) is 0 Å². The first-order valence-corrected chi connectivity index (χ1v) is 14.9. The van der Waals surface area contributed by atoms with E-state index in [4.69, 9.17) is 14.5 Å². The van der Waals surface area contributed by atoms with E-state index in [0.717, 1.165) is 41.3 Å². The van der Waals surface area contributed by atoms with E-state index in [0.29, 0.717) is 28.6 Å². The molecule has 198 valence electrons. The van der Waals surface area contributed by atoms with Gasteiger partial charge in [-0.05, 0) is 18.1 Å². The minimum atomic E-state index is -1.11. The van der Waals surface area contributed by atoms with E-state index < -0.39 is 22.9 Å². The molecule has 2 aromatic carbocycles. The smallest absolute Gasteiger partial charge is 0.316 e. The minimum Gasteiger partial charge on any atom is -0.458 e. The molecule has 0 saturated carbocycles. The normalized spacial score (nSPS) is 12.3. The summed E-state index contributed by atoms with van der Waals surface area (Å²) in [6.07, 6.45) is 2.78. The lowest BCUT2D eigenvalue weighted by Gasteiger charge is -2.18. The lowest BCUT2D eigenvalue weighted by Crippen LogP contribution is -2.30. The van der Waals surface area contributed by atoms with Gasteiger partial charge < -0.3 is 9.47 Å². The molecule has 6 nitrogen and oxygen atoms in total. The highest BCUT2D eigenvalue weighted by Crippen LogP contribution is 2.34. The van der Waals surface area contributed by atoms with Crippen LogP contribution in [0.5, 0.6) is 0 Å². The summed E-state index contributed by atoms with van der Waals surface area (Å²) in [7, 11) is -1.11. The summed E-state index contributed by atoms with van der Waals surface area (Å²) in [5.41, 5.74) is 3.66. The largest absolute Gasteiger partial charge is 0.458 e. The Bertz CT molecular complexity index is 1260. The highest BCUT2D eigenvalue weighted by molar-refractivity contribution is 8.00. The van der Waals surface area contributed by atoms with E-state index >= 15 is 0 Å². The van der Waals surface area contributed by atoms with Crippen molar-refractivity contribution in [2.75, 3.05) is 30.5 Å². The Morgan fingerprint density at radius 1 is 1.16 bits per heavy atom. The number of pyridine rings is 1. The van der Waals surface area contributed by atoms with Gasteiger partial charge in [-0.2, -0.15) is 5.26 Å². The second-order valence-electron chi connectivity index (χ2n) is 8.47. The Balaban J connectivity index is 1.81. The topological polar surface area (TPSA) is 89.3 Å². The van der Waals surface area contributed by atoms with E-state index in [2.05, 4.69) is 12.6 Å². The van der Waals surface area contributed by atoms with Crippen LogP contribution in [0.1, 0.15) is 25.3 Å². The number of nitriles is 1. The lowest BCUT2D eigenvalue weighted by atomic mass is 9.99. The van der Waals surface area contributed by atoms with E-state index in [9.17, 15) is 14.3 Å². The molecular formula is C30H32N2O4S2. The third kappa shape index (κ3) is 8.95. The molecule has 0 spiro atoms.